The first-order valence-electron chi connectivity index (χ1n) is 8.88. The zero-order chi connectivity index (χ0) is 19.5. The van der Waals surface area contributed by atoms with E-state index in [1.807, 2.05) is 24.3 Å². The van der Waals surface area contributed by atoms with Crippen molar-refractivity contribution in [2.75, 3.05) is 34.0 Å². The van der Waals surface area contributed by atoms with Gasteiger partial charge in [-0.05, 0) is 48.4 Å². The van der Waals surface area contributed by atoms with Crippen LogP contribution in [-0.2, 0) is 16.0 Å². The maximum Gasteiger partial charge on any atom is 0.310 e. The number of rotatable bonds is 11. The minimum atomic E-state index is -0.325. The maximum absolute atomic E-state index is 12.0. The van der Waals surface area contributed by atoms with Gasteiger partial charge in [-0.25, -0.2) is 0 Å². The summed E-state index contributed by atoms with van der Waals surface area (Å²) in [5, 5.41) is 0. The van der Waals surface area contributed by atoms with E-state index in [4.69, 9.17) is 23.7 Å². The molecule has 0 aliphatic heterocycles. The minimum absolute atomic E-state index is 0.157. The van der Waals surface area contributed by atoms with Gasteiger partial charge in [0, 0.05) is 0 Å². The molecular weight excluding hydrogens is 348 g/mol. The zero-order valence-electron chi connectivity index (χ0n) is 16.0. The molecule has 146 valence electrons. The summed E-state index contributed by atoms with van der Waals surface area (Å²) < 4.78 is 26.7. The van der Waals surface area contributed by atoms with Crippen molar-refractivity contribution in [2.24, 2.45) is 0 Å². The Bertz CT molecular complexity index is 711. The van der Waals surface area contributed by atoms with Gasteiger partial charge in [-0.1, -0.05) is 13.0 Å². The summed E-state index contributed by atoms with van der Waals surface area (Å²) in [5.41, 5.74) is 0.793. The van der Waals surface area contributed by atoms with Crippen LogP contribution in [0.5, 0.6) is 23.0 Å². The molecule has 27 heavy (non-hydrogen) atoms. The highest BCUT2D eigenvalue weighted by atomic mass is 16.6. The lowest BCUT2D eigenvalue weighted by Gasteiger charge is -2.10. The molecule has 0 unspecified atom stereocenters. The van der Waals surface area contributed by atoms with E-state index in [1.165, 1.54) is 0 Å². The SMILES string of the molecule is CCCOc1ccc(OCCOC(=O)Cc2ccc(OC)c(OC)c2)cc1. The molecular formula is C21H26O6. The Morgan fingerprint density at radius 2 is 1.44 bits per heavy atom. The number of carbonyl (C=O) groups excluding carboxylic acids is 1. The quantitative estimate of drug-likeness (QED) is 0.442. The van der Waals surface area contributed by atoms with Crippen molar-refractivity contribution < 1.29 is 28.5 Å². The first kappa shape index (κ1) is 20.4. The maximum atomic E-state index is 12.0. The summed E-state index contributed by atoms with van der Waals surface area (Å²) in [6.07, 6.45) is 1.12. The Kier molecular flexibility index (Phi) is 8.29. The largest absolute Gasteiger partial charge is 0.494 e. The van der Waals surface area contributed by atoms with Crippen LogP contribution in [-0.4, -0.2) is 40.0 Å². The van der Waals surface area contributed by atoms with E-state index in [0.29, 0.717) is 23.9 Å². The first-order chi connectivity index (χ1) is 13.2. The molecule has 0 spiro atoms. The van der Waals surface area contributed by atoms with Crippen molar-refractivity contribution in [3.63, 3.8) is 0 Å². The molecule has 0 bridgehead atoms. The highest BCUT2D eigenvalue weighted by Crippen LogP contribution is 2.27. The van der Waals surface area contributed by atoms with E-state index in [9.17, 15) is 4.79 Å². The van der Waals surface area contributed by atoms with Gasteiger partial charge in [-0.3, -0.25) is 4.79 Å². The van der Waals surface area contributed by atoms with Crippen LogP contribution in [0.4, 0.5) is 0 Å². The number of hydrogen-bond donors (Lipinski definition) is 0. The molecule has 0 aromatic heterocycles. The number of benzene rings is 2. The van der Waals surface area contributed by atoms with Gasteiger partial charge >= 0.3 is 5.97 Å². The summed E-state index contributed by atoms with van der Waals surface area (Å²) in [7, 11) is 3.12. The van der Waals surface area contributed by atoms with Crippen molar-refractivity contribution in [3.8, 4) is 23.0 Å². The lowest BCUT2D eigenvalue weighted by molar-refractivity contribution is -0.143. The molecule has 0 radical (unpaired) electrons. The fraction of sp³-hybridized carbons (Fsp3) is 0.381. The van der Waals surface area contributed by atoms with E-state index in [2.05, 4.69) is 6.92 Å². The van der Waals surface area contributed by atoms with Crippen LogP contribution in [0.2, 0.25) is 0 Å². The van der Waals surface area contributed by atoms with E-state index >= 15 is 0 Å². The fourth-order valence-corrected chi connectivity index (χ4v) is 2.38. The molecule has 6 heteroatoms. The van der Waals surface area contributed by atoms with E-state index in [-0.39, 0.29) is 25.6 Å². The smallest absolute Gasteiger partial charge is 0.310 e. The summed E-state index contributed by atoms with van der Waals surface area (Å²) in [5.74, 6) is 2.39. The van der Waals surface area contributed by atoms with Gasteiger partial charge in [0.1, 0.15) is 24.7 Å². The van der Waals surface area contributed by atoms with Gasteiger partial charge in [0.15, 0.2) is 11.5 Å². The molecule has 0 saturated heterocycles. The number of esters is 1. The van der Waals surface area contributed by atoms with Crippen LogP contribution in [0.15, 0.2) is 42.5 Å². The van der Waals surface area contributed by atoms with Gasteiger partial charge < -0.3 is 23.7 Å². The van der Waals surface area contributed by atoms with Gasteiger partial charge in [0.2, 0.25) is 0 Å². The Morgan fingerprint density at radius 3 is 2.04 bits per heavy atom. The van der Waals surface area contributed by atoms with Crippen molar-refractivity contribution in [3.05, 3.63) is 48.0 Å². The molecule has 0 amide bonds. The van der Waals surface area contributed by atoms with Gasteiger partial charge in [0.05, 0.1) is 27.2 Å². The summed E-state index contributed by atoms with van der Waals surface area (Å²) >= 11 is 0. The van der Waals surface area contributed by atoms with Gasteiger partial charge in [-0.15, -0.1) is 0 Å². The summed E-state index contributed by atoms with van der Waals surface area (Å²) in [6, 6.07) is 12.7. The highest BCUT2D eigenvalue weighted by Gasteiger charge is 2.09. The average molecular weight is 374 g/mol. The summed E-state index contributed by atoms with van der Waals surface area (Å²) in [6.45, 7) is 3.22. The van der Waals surface area contributed by atoms with Crippen LogP contribution < -0.4 is 18.9 Å². The molecule has 2 aromatic carbocycles. The predicted molar refractivity (Wildman–Crippen MR) is 102 cm³/mol. The molecule has 6 nitrogen and oxygen atoms in total. The number of carbonyl (C=O) groups is 1. The molecule has 0 atom stereocenters. The number of methoxy groups -OCH3 is 2. The number of ether oxygens (including phenoxy) is 5. The zero-order valence-corrected chi connectivity index (χ0v) is 16.0. The van der Waals surface area contributed by atoms with Crippen LogP contribution in [0.1, 0.15) is 18.9 Å². The number of hydrogen-bond acceptors (Lipinski definition) is 6. The normalized spacial score (nSPS) is 10.2. The standard InChI is InChI=1S/C21H26O6/c1-4-11-25-17-6-8-18(9-7-17)26-12-13-27-21(22)15-16-5-10-19(23-2)20(14-16)24-3/h5-10,14H,4,11-13,15H2,1-3H3. The molecule has 2 aromatic rings. The van der Waals surface area contributed by atoms with E-state index < -0.39 is 0 Å². The molecule has 0 N–H and O–H groups in total. The van der Waals surface area contributed by atoms with Crippen molar-refractivity contribution >= 4 is 5.97 Å². The molecule has 0 fully saturated rings. The first-order valence-corrected chi connectivity index (χ1v) is 8.88. The van der Waals surface area contributed by atoms with Crippen LogP contribution in [0.3, 0.4) is 0 Å². The Morgan fingerprint density at radius 1 is 0.815 bits per heavy atom. The van der Waals surface area contributed by atoms with E-state index in [0.717, 1.165) is 17.7 Å². The Hall–Kier alpha value is -2.89. The Balaban J connectivity index is 1.71. The lowest BCUT2D eigenvalue weighted by Crippen LogP contribution is -2.14. The molecule has 0 aliphatic rings. The monoisotopic (exact) mass is 374 g/mol. The average Bonchev–Trinajstić information content (AvgIpc) is 2.70. The van der Waals surface area contributed by atoms with E-state index in [1.54, 1.807) is 32.4 Å². The minimum Gasteiger partial charge on any atom is -0.494 e. The predicted octanol–water partition coefficient (Wildman–Crippen LogP) is 3.66. The second-order valence-corrected chi connectivity index (χ2v) is 5.75. The third kappa shape index (κ3) is 6.73. The van der Waals surface area contributed by atoms with Gasteiger partial charge in [0.25, 0.3) is 0 Å². The van der Waals surface area contributed by atoms with Crippen LogP contribution in [0, 0.1) is 0 Å². The van der Waals surface area contributed by atoms with Crippen molar-refractivity contribution in [1.82, 2.24) is 0 Å². The van der Waals surface area contributed by atoms with Crippen molar-refractivity contribution in [2.45, 2.75) is 19.8 Å². The van der Waals surface area contributed by atoms with Crippen LogP contribution in [0.25, 0.3) is 0 Å². The second-order valence-electron chi connectivity index (χ2n) is 5.75. The van der Waals surface area contributed by atoms with Gasteiger partial charge in [-0.2, -0.15) is 0 Å². The van der Waals surface area contributed by atoms with Crippen molar-refractivity contribution in [1.29, 1.82) is 0 Å². The third-order valence-corrected chi connectivity index (χ3v) is 3.71. The molecule has 0 heterocycles. The van der Waals surface area contributed by atoms with Crippen LogP contribution >= 0.6 is 0 Å². The summed E-state index contributed by atoms with van der Waals surface area (Å²) in [4.78, 5) is 12.0. The highest BCUT2D eigenvalue weighted by molar-refractivity contribution is 5.73. The molecule has 0 aliphatic carbocycles. The lowest BCUT2D eigenvalue weighted by atomic mass is 10.1. The third-order valence-electron chi connectivity index (χ3n) is 3.71. The Labute approximate surface area is 160 Å². The topological polar surface area (TPSA) is 63.2 Å². The second kappa shape index (κ2) is 11.0. The molecule has 0 saturated carbocycles. The molecule has 2 rings (SSSR count). The fourth-order valence-electron chi connectivity index (χ4n) is 2.38.